The number of hydrogen-bond donors (Lipinski definition) is 1. The maximum atomic E-state index is 5.79. The number of aryl methyl sites for hydroxylation is 1. The van der Waals surface area contributed by atoms with E-state index in [0.29, 0.717) is 0 Å². The standard InChI is InChI=1S/C29H37N5S/c1-3-32-15-17-33(18-16-32)28-19-22(2)26-21-25(9-10-27(26)31-28)30-29(35)34-13-11-24(12-14-34)20-23-7-5-4-6-8-23/h4-10,19,21,24H,3,11-18,20H2,1-2H3,(H,30,35). The van der Waals surface area contributed by atoms with Gasteiger partial charge in [0.25, 0.3) is 0 Å². The molecule has 1 N–H and O–H groups in total. The Balaban J connectivity index is 1.19. The van der Waals surface area contributed by atoms with Gasteiger partial charge in [-0.15, -0.1) is 0 Å². The van der Waals surface area contributed by atoms with Crippen LogP contribution in [0.2, 0.25) is 0 Å². The van der Waals surface area contributed by atoms with Crippen molar-refractivity contribution in [1.82, 2.24) is 14.8 Å². The largest absolute Gasteiger partial charge is 0.354 e. The fraction of sp³-hybridized carbons (Fsp3) is 0.448. The average Bonchev–Trinajstić information content (AvgIpc) is 2.90. The number of anilines is 2. The number of hydrogen-bond acceptors (Lipinski definition) is 4. The quantitative estimate of drug-likeness (QED) is 0.490. The molecule has 5 nitrogen and oxygen atoms in total. The van der Waals surface area contributed by atoms with Crippen LogP contribution in [0.4, 0.5) is 11.5 Å². The molecule has 0 bridgehead atoms. The van der Waals surface area contributed by atoms with Gasteiger partial charge in [-0.3, -0.25) is 0 Å². The molecule has 2 aliphatic rings. The summed E-state index contributed by atoms with van der Waals surface area (Å²) in [6.07, 6.45) is 3.54. The van der Waals surface area contributed by atoms with Gasteiger partial charge >= 0.3 is 0 Å². The third kappa shape index (κ3) is 5.76. The van der Waals surface area contributed by atoms with Crippen LogP contribution in [-0.2, 0) is 6.42 Å². The molecule has 0 unspecified atom stereocenters. The fourth-order valence-electron chi connectivity index (χ4n) is 5.40. The molecule has 184 valence electrons. The van der Waals surface area contributed by atoms with Crippen LogP contribution < -0.4 is 10.2 Å². The molecule has 0 amide bonds. The van der Waals surface area contributed by atoms with Crippen LogP contribution in [0.5, 0.6) is 0 Å². The highest BCUT2D eigenvalue weighted by Gasteiger charge is 2.22. The number of fused-ring (bicyclic) bond motifs is 1. The summed E-state index contributed by atoms with van der Waals surface area (Å²) in [5.41, 5.74) is 4.80. The normalized spacial score (nSPS) is 17.7. The van der Waals surface area contributed by atoms with Crippen LogP contribution >= 0.6 is 12.2 Å². The Morgan fingerprint density at radius 2 is 1.71 bits per heavy atom. The molecule has 3 heterocycles. The number of nitrogens with zero attached hydrogens (tertiary/aromatic N) is 4. The van der Waals surface area contributed by atoms with E-state index in [1.54, 1.807) is 0 Å². The van der Waals surface area contributed by atoms with E-state index < -0.39 is 0 Å². The molecular weight excluding hydrogens is 450 g/mol. The molecule has 3 aromatic rings. The Morgan fingerprint density at radius 3 is 2.43 bits per heavy atom. The van der Waals surface area contributed by atoms with Gasteiger partial charge < -0.3 is 20.0 Å². The second kappa shape index (κ2) is 10.9. The summed E-state index contributed by atoms with van der Waals surface area (Å²) in [6, 6.07) is 19.5. The van der Waals surface area contributed by atoms with Gasteiger partial charge in [-0.05, 0) is 86.3 Å². The van der Waals surface area contributed by atoms with E-state index in [4.69, 9.17) is 17.2 Å². The summed E-state index contributed by atoms with van der Waals surface area (Å²) in [7, 11) is 0. The topological polar surface area (TPSA) is 34.6 Å². The van der Waals surface area contributed by atoms with Crippen molar-refractivity contribution in [3.63, 3.8) is 0 Å². The molecule has 0 radical (unpaired) electrons. The molecule has 5 rings (SSSR count). The molecule has 1 aromatic heterocycles. The van der Waals surface area contributed by atoms with Gasteiger partial charge in [-0.2, -0.15) is 0 Å². The van der Waals surface area contributed by atoms with E-state index in [2.05, 4.69) is 88.5 Å². The van der Waals surface area contributed by atoms with Crippen molar-refractivity contribution in [2.45, 2.75) is 33.1 Å². The van der Waals surface area contributed by atoms with Gasteiger partial charge in [-0.25, -0.2) is 4.98 Å². The minimum atomic E-state index is 0.741. The predicted molar refractivity (Wildman–Crippen MR) is 151 cm³/mol. The molecule has 2 fully saturated rings. The summed E-state index contributed by atoms with van der Waals surface area (Å²) in [5.74, 6) is 1.84. The number of pyridine rings is 1. The first-order chi connectivity index (χ1) is 17.1. The summed E-state index contributed by atoms with van der Waals surface area (Å²) in [5, 5.41) is 5.52. The minimum absolute atomic E-state index is 0.741. The van der Waals surface area contributed by atoms with Gasteiger partial charge in [0.05, 0.1) is 5.52 Å². The SMILES string of the molecule is CCN1CCN(c2cc(C)c3cc(NC(=S)N4CCC(Cc5ccccc5)CC4)ccc3n2)CC1. The molecule has 0 spiro atoms. The third-order valence-electron chi connectivity index (χ3n) is 7.67. The number of piperidine rings is 1. The van der Waals surface area contributed by atoms with Crippen molar-refractivity contribution in [3.8, 4) is 0 Å². The molecule has 0 saturated carbocycles. The van der Waals surface area contributed by atoms with Crippen molar-refractivity contribution >= 4 is 39.7 Å². The predicted octanol–water partition coefficient (Wildman–Crippen LogP) is 5.34. The van der Waals surface area contributed by atoms with Crippen LogP contribution in [0.25, 0.3) is 10.9 Å². The number of aromatic nitrogens is 1. The number of likely N-dealkylation sites (N-methyl/N-ethyl adjacent to an activating group) is 1. The smallest absolute Gasteiger partial charge is 0.173 e. The molecule has 2 aromatic carbocycles. The summed E-state index contributed by atoms with van der Waals surface area (Å²) >= 11 is 5.79. The van der Waals surface area contributed by atoms with Gasteiger partial charge in [0, 0.05) is 50.3 Å². The Hall–Kier alpha value is -2.70. The van der Waals surface area contributed by atoms with Gasteiger partial charge in [-0.1, -0.05) is 37.3 Å². The van der Waals surface area contributed by atoms with Crippen LogP contribution in [0.3, 0.4) is 0 Å². The lowest BCUT2D eigenvalue weighted by Gasteiger charge is -2.35. The zero-order valence-corrected chi connectivity index (χ0v) is 21.9. The number of rotatable bonds is 5. The molecule has 0 aliphatic carbocycles. The first-order valence-electron chi connectivity index (χ1n) is 13.1. The number of piperazine rings is 1. The van der Waals surface area contributed by atoms with Crippen molar-refractivity contribution in [3.05, 3.63) is 65.7 Å². The second-order valence-corrected chi connectivity index (χ2v) is 10.4. The minimum Gasteiger partial charge on any atom is -0.354 e. The third-order valence-corrected chi connectivity index (χ3v) is 8.03. The molecule has 35 heavy (non-hydrogen) atoms. The first-order valence-corrected chi connectivity index (χ1v) is 13.5. The van der Waals surface area contributed by atoms with E-state index in [9.17, 15) is 0 Å². The summed E-state index contributed by atoms with van der Waals surface area (Å²) in [4.78, 5) is 12.2. The maximum Gasteiger partial charge on any atom is 0.173 e. The number of thiocarbonyl (C=S) groups is 1. The lowest BCUT2D eigenvalue weighted by atomic mass is 9.90. The highest BCUT2D eigenvalue weighted by atomic mass is 32.1. The second-order valence-electron chi connectivity index (χ2n) is 10.0. The Kier molecular flexibility index (Phi) is 7.49. The molecular formula is C29H37N5S. The summed E-state index contributed by atoms with van der Waals surface area (Å²) < 4.78 is 0. The number of likely N-dealkylation sites (tertiary alicyclic amines) is 1. The van der Waals surface area contributed by atoms with Crippen molar-refractivity contribution in [2.24, 2.45) is 5.92 Å². The molecule has 0 atom stereocenters. The zero-order chi connectivity index (χ0) is 24.2. The van der Waals surface area contributed by atoms with Crippen LogP contribution in [0.15, 0.2) is 54.6 Å². The van der Waals surface area contributed by atoms with Crippen LogP contribution in [-0.4, -0.2) is 65.7 Å². The van der Waals surface area contributed by atoms with Crippen molar-refractivity contribution in [2.75, 3.05) is 56.0 Å². The average molecular weight is 488 g/mol. The van der Waals surface area contributed by atoms with E-state index >= 15 is 0 Å². The van der Waals surface area contributed by atoms with Gasteiger partial charge in [0.1, 0.15) is 5.82 Å². The summed E-state index contributed by atoms with van der Waals surface area (Å²) in [6.45, 7) is 11.9. The highest BCUT2D eigenvalue weighted by Crippen LogP contribution is 2.27. The van der Waals surface area contributed by atoms with Crippen LogP contribution in [0.1, 0.15) is 30.9 Å². The lowest BCUT2D eigenvalue weighted by Crippen LogP contribution is -2.46. The van der Waals surface area contributed by atoms with Crippen LogP contribution in [0, 0.1) is 12.8 Å². The number of nitrogens with one attached hydrogen (secondary N) is 1. The first kappa shape index (κ1) is 24.0. The Labute approximate surface area is 215 Å². The Morgan fingerprint density at radius 1 is 0.971 bits per heavy atom. The molecule has 2 saturated heterocycles. The van der Waals surface area contributed by atoms with E-state index in [-0.39, 0.29) is 0 Å². The van der Waals surface area contributed by atoms with E-state index in [1.807, 2.05) is 0 Å². The highest BCUT2D eigenvalue weighted by molar-refractivity contribution is 7.80. The van der Waals surface area contributed by atoms with Crippen molar-refractivity contribution < 1.29 is 0 Å². The lowest BCUT2D eigenvalue weighted by molar-refractivity contribution is 0.268. The molecule has 6 heteroatoms. The van der Waals surface area contributed by atoms with Crippen molar-refractivity contribution in [1.29, 1.82) is 0 Å². The number of benzene rings is 2. The van der Waals surface area contributed by atoms with Gasteiger partial charge in [0.15, 0.2) is 5.11 Å². The zero-order valence-electron chi connectivity index (χ0n) is 21.0. The van der Waals surface area contributed by atoms with Gasteiger partial charge in [0.2, 0.25) is 0 Å². The molecule has 2 aliphatic heterocycles. The monoisotopic (exact) mass is 487 g/mol. The van der Waals surface area contributed by atoms with E-state index in [1.165, 1.54) is 35.8 Å². The Bertz CT molecular complexity index is 1150. The van der Waals surface area contributed by atoms with E-state index in [0.717, 1.165) is 73.9 Å². The maximum absolute atomic E-state index is 5.79. The fourth-order valence-corrected chi connectivity index (χ4v) is 5.70.